The van der Waals surface area contributed by atoms with Crippen LogP contribution in [-0.2, 0) is 0 Å². The van der Waals surface area contributed by atoms with E-state index in [1.54, 1.807) is 11.1 Å². The first kappa shape index (κ1) is 13.4. The molecule has 1 unspecified atom stereocenters. The second kappa shape index (κ2) is 5.09. The van der Waals surface area contributed by atoms with Gasteiger partial charge >= 0.3 is 0 Å². The maximum absolute atomic E-state index is 10.1. The molecule has 4 nitrogen and oxygen atoms in total. The molecular weight excluding hydrogens is 274 g/mol. The van der Waals surface area contributed by atoms with Crippen molar-refractivity contribution in [3.05, 3.63) is 28.8 Å². The average Bonchev–Trinajstić information content (AvgIpc) is 3.14. The molecule has 106 valence electrons. The maximum atomic E-state index is 10.1. The van der Waals surface area contributed by atoms with Crippen LogP contribution in [0.3, 0.4) is 0 Å². The first-order valence-electron chi connectivity index (χ1n) is 6.97. The lowest BCUT2D eigenvalue weighted by Crippen LogP contribution is -2.25. The number of benzene rings is 1. The number of phenols is 1. The summed E-state index contributed by atoms with van der Waals surface area (Å²) < 4.78 is 0. The number of para-hydroxylation sites is 1. The van der Waals surface area contributed by atoms with E-state index in [2.05, 4.69) is 12.0 Å². The number of halogens is 1. The molecular formula is C15H18ClN3O. The van der Waals surface area contributed by atoms with Gasteiger partial charge in [-0.15, -0.1) is 0 Å². The van der Waals surface area contributed by atoms with E-state index in [0.717, 1.165) is 12.1 Å². The zero-order valence-electron chi connectivity index (χ0n) is 11.4. The third-order valence-corrected chi connectivity index (χ3v) is 4.20. The lowest BCUT2D eigenvalue weighted by molar-refractivity contribution is 0.440. The minimum absolute atomic E-state index is 0.0790. The molecule has 0 radical (unpaired) electrons. The molecule has 0 aromatic heterocycles. The normalized spacial score (nSPS) is 22.0. The van der Waals surface area contributed by atoms with Crippen molar-refractivity contribution < 1.29 is 5.11 Å². The highest BCUT2D eigenvalue weighted by molar-refractivity contribution is 6.32. The van der Waals surface area contributed by atoms with Gasteiger partial charge in [-0.1, -0.05) is 24.6 Å². The summed E-state index contributed by atoms with van der Waals surface area (Å²) in [5.74, 6) is 1.52. The summed E-state index contributed by atoms with van der Waals surface area (Å²) in [4.78, 5) is 0. The fourth-order valence-electron chi connectivity index (χ4n) is 2.53. The highest BCUT2D eigenvalue weighted by Crippen LogP contribution is 2.35. The molecule has 3 rings (SSSR count). The number of aromatic hydroxyl groups is 1. The average molecular weight is 292 g/mol. The molecule has 2 N–H and O–H groups in total. The first-order valence-corrected chi connectivity index (χ1v) is 7.35. The minimum atomic E-state index is 0.0790. The first-order chi connectivity index (χ1) is 9.56. The SMILES string of the molecule is CC1CN(C(=N)CC2CC2)N=C1c1cccc(Cl)c1O. The van der Waals surface area contributed by atoms with E-state index < -0.39 is 0 Å². The zero-order valence-corrected chi connectivity index (χ0v) is 12.2. The van der Waals surface area contributed by atoms with Crippen LogP contribution in [0.5, 0.6) is 5.75 Å². The fourth-order valence-corrected chi connectivity index (χ4v) is 2.70. The quantitative estimate of drug-likeness (QED) is 0.661. The van der Waals surface area contributed by atoms with E-state index in [1.165, 1.54) is 12.8 Å². The van der Waals surface area contributed by atoms with Crippen LogP contribution in [0.2, 0.25) is 5.02 Å². The molecule has 1 aromatic carbocycles. The van der Waals surface area contributed by atoms with Gasteiger partial charge in [-0.25, -0.2) is 0 Å². The summed E-state index contributed by atoms with van der Waals surface area (Å²) in [5.41, 5.74) is 1.48. The number of hydrogen-bond acceptors (Lipinski definition) is 3. The molecule has 1 aliphatic carbocycles. The summed E-state index contributed by atoms with van der Waals surface area (Å²) in [6, 6.07) is 5.29. The molecule has 1 fully saturated rings. The highest BCUT2D eigenvalue weighted by Gasteiger charge is 2.31. The summed E-state index contributed by atoms with van der Waals surface area (Å²) in [6.07, 6.45) is 3.28. The van der Waals surface area contributed by atoms with Gasteiger partial charge in [-0.05, 0) is 30.9 Å². The van der Waals surface area contributed by atoms with Crippen LogP contribution in [-0.4, -0.2) is 28.2 Å². The standard InChI is InChI=1S/C15H18ClN3O/c1-9-8-19(13(17)7-10-5-6-10)18-14(9)11-3-2-4-12(16)15(11)20/h2-4,9-10,17,20H,5-8H2,1H3. The van der Waals surface area contributed by atoms with Crippen LogP contribution in [0.1, 0.15) is 31.7 Å². The summed E-state index contributed by atoms with van der Waals surface area (Å²) in [6.45, 7) is 2.76. The molecule has 0 amide bonds. The molecule has 1 heterocycles. The van der Waals surface area contributed by atoms with Crippen LogP contribution in [0, 0.1) is 17.2 Å². The van der Waals surface area contributed by atoms with E-state index in [9.17, 15) is 5.11 Å². The van der Waals surface area contributed by atoms with Gasteiger partial charge in [0.05, 0.1) is 17.3 Å². The summed E-state index contributed by atoms with van der Waals surface area (Å²) in [5, 5.41) is 24.8. The molecule has 1 atom stereocenters. The topological polar surface area (TPSA) is 59.7 Å². The van der Waals surface area contributed by atoms with E-state index in [0.29, 0.717) is 28.9 Å². The molecule has 0 saturated heterocycles. The van der Waals surface area contributed by atoms with Gasteiger partial charge in [0.25, 0.3) is 0 Å². The number of hydrogen-bond donors (Lipinski definition) is 2. The summed E-state index contributed by atoms with van der Waals surface area (Å²) >= 11 is 5.96. The monoisotopic (exact) mass is 291 g/mol. The Morgan fingerprint density at radius 2 is 2.25 bits per heavy atom. The lowest BCUT2D eigenvalue weighted by Gasteiger charge is -2.14. The van der Waals surface area contributed by atoms with Crippen LogP contribution >= 0.6 is 11.6 Å². The van der Waals surface area contributed by atoms with Gasteiger partial charge in [-0.2, -0.15) is 5.10 Å². The highest BCUT2D eigenvalue weighted by atomic mass is 35.5. The number of amidine groups is 1. The number of phenolic OH excluding ortho intramolecular Hbond substituents is 1. The summed E-state index contributed by atoms with van der Waals surface area (Å²) in [7, 11) is 0. The predicted molar refractivity (Wildman–Crippen MR) is 80.6 cm³/mol. The Labute approximate surface area is 123 Å². The van der Waals surface area contributed by atoms with Crippen LogP contribution < -0.4 is 0 Å². The Bertz CT molecular complexity index is 580. The van der Waals surface area contributed by atoms with Crippen molar-refractivity contribution in [3.63, 3.8) is 0 Å². The molecule has 20 heavy (non-hydrogen) atoms. The Morgan fingerprint density at radius 1 is 1.50 bits per heavy atom. The van der Waals surface area contributed by atoms with E-state index in [-0.39, 0.29) is 11.7 Å². The fraction of sp³-hybridized carbons (Fsp3) is 0.467. The Morgan fingerprint density at radius 3 is 2.95 bits per heavy atom. The van der Waals surface area contributed by atoms with E-state index in [1.807, 2.05) is 12.1 Å². The molecule has 1 aliphatic heterocycles. The van der Waals surface area contributed by atoms with Gasteiger partial charge in [0.15, 0.2) is 0 Å². The van der Waals surface area contributed by atoms with Crippen molar-refractivity contribution in [2.75, 3.05) is 6.54 Å². The van der Waals surface area contributed by atoms with Crippen molar-refractivity contribution in [3.8, 4) is 5.75 Å². The Hall–Kier alpha value is -1.55. The predicted octanol–water partition coefficient (Wildman–Crippen LogP) is 3.48. The van der Waals surface area contributed by atoms with Gasteiger partial charge in [0.2, 0.25) is 0 Å². The maximum Gasteiger partial charge on any atom is 0.143 e. The smallest absolute Gasteiger partial charge is 0.143 e. The van der Waals surface area contributed by atoms with Crippen molar-refractivity contribution in [1.82, 2.24) is 5.01 Å². The van der Waals surface area contributed by atoms with E-state index in [4.69, 9.17) is 17.0 Å². The van der Waals surface area contributed by atoms with Crippen LogP contribution in [0.4, 0.5) is 0 Å². The zero-order chi connectivity index (χ0) is 14.3. The molecule has 1 saturated carbocycles. The molecule has 5 heteroatoms. The minimum Gasteiger partial charge on any atom is -0.506 e. The van der Waals surface area contributed by atoms with Crippen molar-refractivity contribution >= 4 is 23.1 Å². The van der Waals surface area contributed by atoms with Gasteiger partial charge < -0.3 is 5.11 Å². The molecule has 0 spiro atoms. The van der Waals surface area contributed by atoms with E-state index >= 15 is 0 Å². The number of rotatable bonds is 3. The van der Waals surface area contributed by atoms with Gasteiger partial charge in [0.1, 0.15) is 11.6 Å². The number of hydrazone groups is 1. The van der Waals surface area contributed by atoms with Gasteiger partial charge in [-0.3, -0.25) is 10.4 Å². The lowest BCUT2D eigenvalue weighted by atomic mass is 9.98. The Kier molecular flexibility index (Phi) is 3.42. The van der Waals surface area contributed by atoms with Crippen molar-refractivity contribution in [2.24, 2.45) is 16.9 Å². The second-order valence-corrected chi connectivity index (χ2v) is 6.11. The molecule has 0 bridgehead atoms. The van der Waals surface area contributed by atoms with Crippen LogP contribution in [0.15, 0.2) is 23.3 Å². The second-order valence-electron chi connectivity index (χ2n) is 5.70. The molecule has 1 aromatic rings. The number of nitrogens with zero attached hydrogens (tertiary/aromatic N) is 2. The largest absolute Gasteiger partial charge is 0.506 e. The Balaban J connectivity index is 1.84. The number of nitrogens with one attached hydrogen (secondary N) is 1. The molecule has 2 aliphatic rings. The van der Waals surface area contributed by atoms with Crippen LogP contribution in [0.25, 0.3) is 0 Å². The third-order valence-electron chi connectivity index (χ3n) is 3.90. The van der Waals surface area contributed by atoms with Crippen molar-refractivity contribution in [1.29, 1.82) is 5.41 Å². The van der Waals surface area contributed by atoms with Gasteiger partial charge in [0, 0.05) is 17.9 Å². The third kappa shape index (κ3) is 2.52. The van der Waals surface area contributed by atoms with Crippen molar-refractivity contribution in [2.45, 2.75) is 26.2 Å².